The number of hydrogen-bond acceptors (Lipinski definition) is 2. The van der Waals surface area contributed by atoms with Gasteiger partial charge < -0.3 is 10.6 Å². The first kappa shape index (κ1) is 8.92. The predicted octanol–water partition coefficient (Wildman–Crippen LogP) is 0.733. The van der Waals surface area contributed by atoms with Gasteiger partial charge in [-0.15, -0.1) is 0 Å². The molecule has 3 nitrogen and oxygen atoms in total. The van der Waals surface area contributed by atoms with E-state index in [1.54, 1.807) is 0 Å². The topological polar surface area (TPSA) is 41.1 Å². The molecule has 0 radical (unpaired) electrons. The second-order valence-corrected chi connectivity index (χ2v) is 4.32. The first-order valence-corrected chi connectivity index (χ1v) is 5.44. The summed E-state index contributed by atoms with van der Waals surface area (Å²) in [5, 5.41) is 6.39. The largest absolute Gasteiger partial charge is 0.352 e. The second kappa shape index (κ2) is 3.35. The molecule has 2 aliphatic heterocycles. The van der Waals surface area contributed by atoms with E-state index >= 15 is 0 Å². The SMILES string of the molecule is O=C1NC[C@@H]2CNC[C@H]2c2ccccc21. The van der Waals surface area contributed by atoms with Gasteiger partial charge in [0.25, 0.3) is 5.91 Å². The van der Waals surface area contributed by atoms with E-state index in [9.17, 15) is 4.79 Å². The molecule has 0 aromatic heterocycles. The fraction of sp³-hybridized carbons (Fsp3) is 0.417. The summed E-state index contributed by atoms with van der Waals surface area (Å²) < 4.78 is 0. The van der Waals surface area contributed by atoms with Gasteiger partial charge in [0.15, 0.2) is 0 Å². The van der Waals surface area contributed by atoms with Crippen molar-refractivity contribution in [2.24, 2.45) is 5.92 Å². The Bertz CT molecular complexity index is 402. The molecule has 1 amide bonds. The maximum Gasteiger partial charge on any atom is 0.251 e. The Morgan fingerprint density at radius 3 is 2.93 bits per heavy atom. The van der Waals surface area contributed by atoms with Crippen LogP contribution in [-0.2, 0) is 0 Å². The monoisotopic (exact) mass is 202 g/mol. The van der Waals surface area contributed by atoms with Crippen LogP contribution < -0.4 is 10.6 Å². The van der Waals surface area contributed by atoms with Gasteiger partial charge >= 0.3 is 0 Å². The van der Waals surface area contributed by atoms with Crippen LogP contribution in [0.25, 0.3) is 0 Å². The Balaban J connectivity index is 2.11. The van der Waals surface area contributed by atoms with Crippen molar-refractivity contribution in [2.75, 3.05) is 19.6 Å². The van der Waals surface area contributed by atoms with Crippen LogP contribution in [0.15, 0.2) is 24.3 Å². The summed E-state index contributed by atoms with van der Waals surface area (Å²) >= 11 is 0. The minimum absolute atomic E-state index is 0.0833. The van der Waals surface area contributed by atoms with E-state index < -0.39 is 0 Å². The van der Waals surface area contributed by atoms with Crippen molar-refractivity contribution < 1.29 is 4.79 Å². The highest BCUT2D eigenvalue weighted by Gasteiger charge is 2.33. The predicted molar refractivity (Wildman–Crippen MR) is 57.9 cm³/mol. The van der Waals surface area contributed by atoms with Crippen LogP contribution in [0, 0.1) is 5.92 Å². The standard InChI is InChI=1S/C12H14N2O/c15-12-10-4-2-1-3-9(10)11-7-13-5-8(11)6-14-12/h1-4,8,11,13H,5-7H2,(H,14,15)/t8-,11+/m0/s1. The number of carbonyl (C=O) groups excluding carboxylic acids is 1. The van der Waals surface area contributed by atoms with E-state index in [-0.39, 0.29) is 5.91 Å². The average molecular weight is 202 g/mol. The molecule has 0 unspecified atom stereocenters. The fourth-order valence-corrected chi connectivity index (χ4v) is 2.66. The van der Waals surface area contributed by atoms with E-state index in [0.717, 1.165) is 25.2 Å². The summed E-state index contributed by atoms with van der Waals surface area (Å²) in [4.78, 5) is 11.8. The summed E-state index contributed by atoms with van der Waals surface area (Å²) in [6, 6.07) is 7.96. The van der Waals surface area contributed by atoms with E-state index in [0.29, 0.717) is 11.8 Å². The molecule has 0 bridgehead atoms. The Kier molecular flexibility index (Phi) is 1.99. The summed E-state index contributed by atoms with van der Waals surface area (Å²) in [7, 11) is 0. The minimum Gasteiger partial charge on any atom is -0.352 e. The van der Waals surface area contributed by atoms with Crippen LogP contribution >= 0.6 is 0 Å². The normalized spacial score (nSPS) is 28.9. The maximum atomic E-state index is 11.8. The molecule has 2 atom stereocenters. The van der Waals surface area contributed by atoms with Gasteiger partial charge in [0.1, 0.15) is 0 Å². The molecule has 3 heteroatoms. The number of benzene rings is 1. The van der Waals surface area contributed by atoms with Gasteiger partial charge in [-0.2, -0.15) is 0 Å². The van der Waals surface area contributed by atoms with Crippen molar-refractivity contribution in [3.63, 3.8) is 0 Å². The zero-order chi connectivity index (χ0) is 10.3. The third kappa shape index (κ3) is 1.35. The molecule has 0 saturated carbocycles. The van der Waals surface area contributed by atoms with Crippen molar-refractivity contribution in [2.45, 2.75) is 5.92 Å². The molecular weight excluding hydrogens is 188 g/mol. The number of amides is 1. The van der Waals surface area contributed by atoms with Crippen molar-refractivity contribution >= 4 is 5.91 Å². The Hall–Kier alpha value is -1.35. The Labute approximate surface area is 88.9 Å². The summed E-state index contributed by atoms with van der Waals surface area (Å²) in [5.74, 6) is 1.14. The molecule has 78 valence electrons. The summed E-state index contributed by atoms with van der Waals surface area (Å²) in [6.45, 7) is 2.81. The van der Waals surface area contributed by atoms with Gasteiger partial charge in [-0.1, -0.05) is 18.2 Å². The molecule has 0 aliphatic carbocycles. The van der Waals surface area contributed by atoms with Gasteiger partial charge in [-0.05, 0) is 17.5 Å². The average Bonchev–Trinajstić information content (AvgIpc) is 2.69. The molecular formula is C12H14N2O. The lowest BCUT2D eigenvalue weighted by Gasteiger charge is -2.15. The van der Waals surface area contributed by atoms with Crippen LogP contribution in [0.3, 0.4) is 0 Å². The first-order valence-electron chi connectivity index (χ1n) is 5.44. The Morgan fingerprint density at radius 2 is 2.00 bits per heavy atom. The lowest BCUT2D eigenvalue weighted by Crippen LogP contribution is -2.28. The molecule has 2 heterocycles. The maximum absolute atomic E-state index is 11.8. The quantitative estimate of drug-likeness (QED) is 0.651. The van der Waals surface area contributed by atoms with Crippen LogP contribution in [0.5, 0.6) is 0 Å². The van der Waals surface area contributed by atoms with E-state index in [4.69, 9.17) is 0 Å². The van der Waals surface area contributed by atoms with E-state index in [1.165, 1.54) is 5.56 Å². The molecule has 1 aromatic carbocycles. The van der Waals surface area contributed by atoms with Gasteiger partial charge in [0, 0.05) is 31.1 Å². The number of nitrogens with one attached hydrogen (secondary N) is 2. The summed E-state index contributed by atoms with van der Waals surface area (Å²) in [6.07, 6.45) is 0. The molecule has 2 N–H and O–H groups in total. The second-order valence-electron chi connectivity index (χ2n) is 4.32. The van der Waals surface area contributed by atoms with E-state index in [1.807, 2.05) is 18.2 Å². The van der Waals surface area contributed by atoms with Crippen LogP contribution in [-0.4, -0.2) is 25.5 Å². The summed E-state index contributed by atoms with van der Waals surface area (Å²) in [5.41, 5.74) is 2.07. The van der Waals surface area contributed by atoms with Gasteiger partial charge in [0.2, 0.25) is 0 Å². The lowest BCUT2D eigenvalue weighted by atomic mass is 9.87. The van der Waals surface area contributed by atoms with E-state index in [2.05, 4.69) is 16.7 Å². The smallest absolute Gasteiger partial charge is 0.251 e. The van der Waals surface area contributed by atoms with Crippen molar-refractivity contribution in [3.05, 3.63) is 35.4 Å². The minimum atomic E-state index is 0.0833. The molecule has 1 aromatic rings. The first-order chi connectivity index (χ1) is 7.36. The fourth-order valence-electron chi connectivity index (χ4n) is 2.66. The molecule has 3 rings (SSSR count). The van der Waals surface area contributed by atoms with Gasteiger partial charge in [-0.25, -0.2) is 0 Å². The molecule has 1 fully saturated rings. The zero-order valence-corrected chi connectivity index (χ0v) is 8.49. The molecule has 15 heavy (non-hydrogen) atoms. The highest BCUT2D eigenvalue weighted by atomic mass is 16.1. The molecule has 2 aliphatic rings. The number of hydrogen-bond donors (Lipinski definition) is 2. The zero-order valence-electron chi connectivity index (χ0n) is 8.49. The van der Waals surface area contributed by atoms with Crippen molar-refractivity contribution in [3.8, 4) is 0 Å². The number of fused-ring (bicyclic) bond motifs is 3. The van der Waals surface area contributed by atoms with Crippen molar-refractivity contribution in [1.82, 2.24) is 10.6 Å². The van der Waals surface area contributed by atoms with Crippen molar-refractivity contribution in [1.29, 1.82) is 0 Å². The van der Waals surface area contributed by atoms with Crippen LogP contribution in [0.4, 0.5) is 0 Å². The van der Waals surface area contributed by atoms with Gasteiger partial charge in [-0.3, -0.25) is 4.79 Å². The lowest BCUT2D eigenvalue weighted by molar-refractivity contribution is 0.0952. The number of carbonyl (C=O) groups is 1. The molecule has 0 spiro atoms. The van der Waals surface area contributed by atoms with Crippen LogP contribution in [0.2, 0.25) is 0 Å². The number of rotatable bonds is 0. The third-order valence-electron chi connectivity index (χ3n) is 3.47. The molecule has 1 saturated heterocycles. The Morgan fingerprint density at radius 1 is 1.13 bits per heavy atom. The van der Waals surface area contributed by atoms with Gasteiger partial charge in [0.05, 0.1) is 0 Å². The highest BCUT2D eigenvalue weighted by molar-refractivity contribution is 5.96. The van der Waals surface area contributed by atoms with Crippen LogP contribution in [0.1, 0.15) is 21.8 Å². The third-order valence-corrected chi connectivity index (χ3v) is 3.47. The highest BCUT2D eigenvalue weighted by Crippen LogP contribution is 2.31.